The first-order valence-corrected chi connectivity index (χ1v) is 23.0. The maximum Gasteiger partial charge on any atom is 0.293 e. The molecule has 2 fully saturated rings. The first kappa shape index (κ1) is 42.3. The number of benzene rings is 4. The molecule has 0 aliphatic carbocycles. The molecule has 0 spiro atoms. The Hall–Kier alpha value is -5.36. The first-order valence-electron chi connectivity index (χ1n) is 20.2. The number of nitro benzene ring substituents is 1. The number of thioether (sulfide) groups is 1. The molecule has 1 unspecified atom stereocenters. The molecule has 4 aromatic carbocycles. The molecule has 0 amide bonds. The summed E-state index contributed by atoms with van der Waals surface area (Å²) in [4.78, 5) is 33.0. The van der Waals surface area contributed by atoms with Crippen molar-refractivity contribution in [2.75, 3.05) is 79.7 Å². The number of morpholine rings is 1. The predicted octanol–water partition coefficient (Wildman–Crippen LogP) is 7.67. The summed E-state index contributed by atoms with van der Waals surface area (Å²) in [6.07, 6.45) is 1.99. The fraction of sp³-hybridized carbons (Fsp3) is 0.295. The summed E-state index contributed by atoms with van der Waals surface area (Å²) >= 11 is 7.80. The zero-order valence-corrected chi connectivity index (χ0v) is 35.8. The lowest BCUT2D eigenvalue weighted by Crippen LogP contribution is -2.46. The summed E-state index contributed by atoms with van der Waals surface area (Å²) in [6, 6.07) is 33.7. The number of ether oxygens (including phenoxy) is 1. The lowest BCUT2D eigenvalue weighted by Gasteiger charge is -2.35. The summed E-state index contributed by atoms with van der Waals surface area (Å²) < 4.78 is 35.7. The van der Waals surface area contributed by atoms with Crippen LogP contribution in [0, 0.1) is 10.1 Å². The summed E-state index contributed by atoms with van der Waals surface area (Å²) in [5.41, 5.74) is 3.79. The highest BCUT2D eigenvalue weighted by Crippen LogP contribution is 2.32. The van der Waals surface area contributed by atoms with Crippen LogP contribution in [0.1, 0.15) is 12.0 Å². The minimum atomic E-state index is -4.31. The van der Waals surface area contributed by atoms with Crippen LogP contribution < -0.4 is 14.9 Å². The van der Waals surface area contributed by atoms with Crippen LogP contribution in [-0.2, 0) is 21.3 Å². The number of nitrogens with zero attached hydrogens (tertiary/aromatic N) is 7. The highest BCUT2D eigenvalue weighted by Gasteiger charge is 2.26. The molecule has 17 heteroatoms. The number of hydrogen-bond donors (Lipinski definition) is 2. The van der Waals surface area contributed by atoms with E-state index in [1.54, 1.807) is 17.8 Å². The first-order chi connectivity index (χ1) is 29.7. The van der Waals surface area contributed by atoms with Gasteiger partial charge in [-0.15, -0.1) is 11.8 Å². The van der Waals surface area contributed by atoms with Crippen molar-refractivity contribution in [3.05, 3.63) is 136 Å². The van der Waals surface area contributed by atoms with Gasteiger partial charge in [0.15, 0.2) is 11.5 Å². The number of piperazine rings is 1. The van der Waals surface area contributed by atoms with Crippen LogP contribution in [0.15, 0.2) is 125 Å². The normalized spacial score (nSPS) is 15.7. The Balaban J connectivity index is 0.934. The smallest absolute Gasteiger partial charge is 0.293 e. The van der Waals surface area contributed by atoms with E-state index < -0.39 is 14.9 Å². The number of sulfonamides is 1. The minimum Gasteiger partial charge on any atom is -0.379 e. The number of nitro groups is 1. The van der Waals surface area contributed by atoms with E-state index in [1.807, 2.05) is 60.7 Å². The SMILES string of the molecule is O=[N+]([O-])c1cc(S(=O)(=O)Nc2ncnc3nc(N4CCN(Cc5ccccc5-c5ccc(Cl)cc5)CC4)ccc23)ccc1NC(CCN1CCOCC1)CSc1ccccc1. The number of hydrogen-bond acceptors (Lipinski definition) is 13. The lowest BCUT2D eigenvalue weighted by atomic mass is 9.99. The molecule has 0 radical (unpaired) electrons. The van der Waals surface area contributed by atoms with E-state index in [9.17, 15) is 18.5 Å². The zero-order chi connectivity index (χ0) is 42.2. The van der Waals surface area contributed by atoms with Gasteiger partial charge in [-0.2, -0.15) is 0 Å². The van der Waals surface area contributed by atoms with Gasteiger partial charge < -0.3 is 15.0 Å². The number of pyridine rings is 1. The second kappa shape index (κ2) is 19.6. The lowest BCUT2D eigenvalue weighted by molar-refractivity contribution is -0.384. The van der Waals surface area contributed by atoms with Gasteiger partial charge in [0, 0.05) is 80.1 Å². The molecule has 8 rings (SSSR count). The Morgan fingerprint density at radius 2 is 1.61 bits per heavy atom. The Bertz CT molecular complexity index is 2560. The van der Waals surface area contributed by atoms with E-state index in [0.29, 0.717) is 35.0 Å². The molecule has 2 saturated heterocycles. The van der Waals surface area contributed by atoms with E-state index in [0.717, 1.165) is 81.1 Å². The molecular weight excluding hydrogens is 834 g/mol. The van der Waals surface area contributed by atoms with E-state index in [2.05, 4.69) is 59.0 Å². The molecule has 2 aliphatic heterocycles. The molecule has 6 aromatic rings. The number of anilines is 3. The van der Waals surface area contributed by atoms with Gasteiger partial charge in [-0.05, 0) is 71.6 Å². The fourth-order valence-corrected chi connectivity index (χ4v) is 9.74. The molecule has 61 heavy (non-hydrogen) atoms. The van der Waals surface area contributed by atoms with Crippen LogP contribution in [0.4, 0.5) is 23.0 Å². The maximum atomic E-state index is 13.8. The van der Waals surface area contributed by atoms with Gasteiger partial charge in [-0.1, -0.05) is 66.2 Å². The van der Waals surface area contributed by atoms with Crippen LogP contribution in [0.25, 0.3) is 22.2 Å². The van der Waals surface area contributed by atoms with Gasteiger partial charge in [-0.3, -0.25) is 24.6 Å². The van der Waals surface area contributed by atoms with Crippen LogP contribution in [0.2, 0.25) is 5.02 Å². The fourth-order valence-electron chi connectivity index (χ4n) is 7.57. The van der Waals surface area contributed by atoms with Crippen LogP contribution in [-0.4, -0.2) is 109 Å². The van der Waals surface area contributed by atoms with Crippen LogP contribution in [0.5, 0.6) is 0 Å². The molecule has 2 aromatic heterocycles. The van der Waals surface area contributed by atoms with Crippen LogP contribution >= 0.6 is 23.4 Å². The van der Waals surface area contributed by atoms with Gasteiger partial charge >= 0.3 is 0 Å². The van der Waals surface area contributed by atoms with Crippen LogP contribution in [0.3, 0.4) is 0 Å². The van der Waals surface area contributed by atoms with E-state index in [1.165, 1.54) is 29.6 Å². The molecular formula is C44H46ClN9O5S2. The quantitative estimate of drug-likeness (QED) is 0.0555. The molecule has 4 heterocycles. The van der Waals surface area contributed by atoms with Gasteiger partial charge in [0.2, 0.25) is 0 Å². The van der Waals surface area contributed by atoms with Crippen molar-refractivity contribution in [3.8, 4) is 11.1 Å². The average molecular weight is 880 g/mol. The number of halogens is 1. The van der Waals surface area contributed by atoms with Gasteiger partial charge in [0.05, 0.1) is 28.4 Å². The number of aromatic nitrogens is 3. The third kappa shape index (κ3) is 10.8. The molecule has 2 N–H and O–H groups in total. The number of fused-ring (bicyclic) bond motifs is 1. The Labute approximate surface area is 364 Å². The molecule has 2 aliphatic rings. The molecule has 316 valence electrons. The second-order valence-corrected chi connectivity index (χ2v) is 18.2. The van der Waals surface area contributed by atoms with Gasteiger partial charge in [-0.25, -0.2) is 23.4 Å². The monoisotopic (exact) mass is 879 g/mol. The highest BCUT2D eigenvalue weighted by atomic mass is 35.5. The van der Waals surface area contributed by atoms with Crippen molar-refractivity contribution >= 4 is 67.4 Å². The van der Waals surface area contributed by atoms with Crippen molar-refractivity contribution in [3.63, 3.8) is 0 Å². The van der Waals surface area contributed by atoms with Crippen molar-refractivity contribution < 1.29 is 18.1 Å². The zero-order valence-electron chi connectivity index (χ0n) is 33.4. The largest absolute Gasteiger partial charge is 0.379 e. The number of nitrogens with one attached hydrogen (secondary N) is 2. The third-order valence-electron chi connectivity index (χ3n) is 10.9. The topological polar surface area (TPSA) is 159 Å². The summed E-state index contributed by atoms with van der Waals surface area (Å²) in [5.74, 6) is 1.41. The predicted molar refractivity (Wildman–Crippen MR) is 242 cm³/mol. The van der Waals surface area contributed by atoms with Gasteiger partial charge in [0.25, 0.3) is 15.7 Å². The van der Waals surface area contributed by atoms with E-state index in [4.69, 9.17) is 21.3 Å². The Morgan fingerprint density at radius 3 is 2.38 bits per heavy atom. The third-order valence-corrected chi connectivity index (χ3v) is 13.7. The number of rotatable bonds is 16. The van der Waals surface area contributed by atoms with Crippen molar-refractivity contribution in [2.45, 2.75) is 28.8 Å². The van der Waals surface area contributed by atoms with E-state index in [-0.39, 0.29) is 28.1 Å². The highest BCUT2D eigenvalue weighted by molar-refractivity contribution is 7.99. The molecule has 14 nitrogen and oxygen atoms in total. The minimum absolute atomic E-state index is 0.0270. The van der Waals surface area contributed by atoms with E-state index >= 15 is 0 Å². The van der Waals surface area contributed by atoms with Crippen molar-refractivity contribution in [1.29, 1.82) is 0 Å². The molecule has 0 saturated carbocycles. The van der Waals surface area contributed by atoms with Gasteiger partial charge in [0.1, 0.15) is 17.8 Å². The summed E-state index contributed by atoms with van der Waals surface area (Å²) in [6.45, 7) is 7.76. The van der Waals surface area contributed by atoms with Crippen molar-refractivity contribution in [2.24, 2.45) is 0 Å². The Kier molecular flexibility index (Phi) is 13.6. The molecule has 0 bridgehead atoms. The Morgan fingerprint density at radius 1 is 0.852 bits per heavy atom. The average Bonchev–Trinajstić information content (AvgIpc) is 3.28. The molecule has 1 atom stereocenters. The standard InChI is InChI=1S/C44H46ClN9O5S2/c45-34-12-10-32(11-13-34)38-9-5-4-6-33(38)29-52-20-22-53(23-21-52)42-17-15-39-43(49-42)46-31-47-44(39)50-61(57,58)37-14-16-40(41(28-37)54(55)56)48-35(18-19-51-24-26-59-27-25-51)30-60-36-7-2-1-3-8-36/h1-17,28,31,35,48H,18-27,29-30H2,(H,46,47,49,50). The van der Waals surface area contributed by atoms with Crippen molar-refractivity contribution in [1.82, 2.24) is 24.8 Å². The second-order valence-electron chi connectivity index (χ2n) is 14.9. The maximum absolute atomic E-state index is 13.8. The summed E-state index contributed by atoms with van der Waals surface area (Å²) in [7, 11) is -4.31. The summed E-state index contributed by atoms with van der Waals surface area (Å²) in [5, 5.41) is 16.9.